The van der Waals surface area contributed by atoms with Crippen molar-refractivity contribution in [1.29, 1.82) is 0 Å². The summed E-state index contributed by atoms with van der Waals surface area (Å²) in [6, 6.07) is 0. The number of rotatable bonds is 10. The van der Waals surface area contributed by atoms with Gasteiger partial charge in [-0.25, -0.2) is 0 Å². The van der Waals surface area contributed by atoms with E-state index in [1.54, 1.807) is 21.0 Å². The molecule has 0 aromatic rings. The van der Waals surface area contributed by atoms with Crippen LogP contribution in [0.25, 0.3) is 0 Å². The molecule has 0 aliphatic heterocycles. The van der Waals surface area contributed by atoms with Crippen molar-refractivity contribution in [3.63, 3.8) is 0 Å². The van der Waals surface area contributed by atoms with Crippen molar-refractivity contribution in [2.24, 2.45) is 0 Å². The fraction of sp³-hybridized carbons (Fsp3) is 0.706. The molecule has 0 spiro atoms. The predicted octanol–water partition coefficient (Wildman–Crippen LogP) is -1.89. The number of likely N-dealkylation sites (N-methyl/N-ethyl adjacent to an activating group) is 2. The molecule has 0 bridgehead atoms. The molecule has 6 N–H and O–H groups in total. The van der Waals surface area contributed by atoms with Gasteiger partial charge in [-0.05, 0) is 14.0 Å². The summed E-state index contributed by atoms with van der Waals surface area (Å²) in [5, 5.41) is 14.4. The Labute approximate surface area is 168 Å². The van der Waals surface area contributed by atoms with E-state index in [0.717, 1.165) is 0 Å². The molecule has 5 amide bonds. The summed E-state index contributed by atoms with van der Waals surface area (Å²) in [5.74, 6) is -1.58. The van der Waals surface area contributed by atoms with E-state index in [9.17, 15) is 19.2 Å². The first-order chi connectivity index (χ1) is 13.4. The van der Waals surface area contributed by atoms with Crippen molar-refractivity contribution in [2.75, 3.05) is 46.8 Å². The quantitative estimate of drug-likeness (QED) is 0.233. The zero-order chi connectivity index (χ0) is 22.8. The van der Waals surface area contributed by atoms with Gasteiger partial charge in [0.25, 0.3) is 0 Å². The standard InChI is InChI=1S/C11H21N5O4.C2H5NO.2C2H6/c1-3-13-9(18)5-15-11(20)7-16-10(19)6-14-8(17)4-12-2;1-3-2-4;2*1-2/h12H,3-7H2,1-2H3,(H,13,18)(H,14,17)(H,15,20)(H,16,19);2H,1H3,(H,3,4);2*1-2H3. The molecule has 11 nitrogen and oxygen atoms in total. The zero-order valence-corrected chi connectivity index (χ0v) is 18.2. The van der Waals surface area contributed by atoms with E-state index in [1.165, 1.54) is 0 Å². The average molecular weight is 407 g/mol. The lowest BCUT2D eigenvalue weighted by atomic mass is 10.4. The number of hydrogen-bond acceptors (Lipinski definition) is 6. The van der Waals surface area contributed by atoms with Crippen LogP contribution in [0.5, 0.6) is 0 Å². The summed E-state index contributed by atoms with van der Waals surface area (Å²) in [6.07, 6.45) is 0.625. The summed E-state index contributed by atoms with van der Waals surface area (Å²) >= 11 is 0. The van der Waals surface area contributed by atoms with E-state index in [0.29, 0.717) is 13.0 Å². The molecule has 0 rings (SSSR count). The topological polar surface area (TPSA) is 158 Å². The summed E-state index contributed by atoms with van der Waals surface area (Å²) < 4.78 is 0. The van der Waals surface area contributed by atoms with Crippen molar-refractivity contribution in [2.45, 2.75) is 34.6 Å². The van der Waals surface area contributed by atoms with Crippen LogP contribution in [0.3, 0.4) is 0 Å². The Balaban J connectivity index is -0.000000309. The lowest BCUT2D eigenvalue weighted by Crippen LogP contribution is -2.45. The van der Waals surface area contributed by atoms with Crippen molar-refractivity contribution < 1.29 is 24.0 Å². The second-order valence-corrected chi connectivity index (χ2v) is 4.22. The Morgan fingerprint density at radius 3 is 1.18 bits per heavy atom. The molecule has 0 aliphatic carbocycles. The van der Waals surface area contributed by atoms with Crippen molar-refractivity contribution in [3.05, 3.63) is 0 Å². The van der Waals surface area contributed by atoms with Gasteiger partial charge >= 0.3 is 0 Å². The number of hydrogen-bond donors (Lipinski definition) is 6. The molecule has 0 fully saturated rings. The Kier molecular flexibility index (Phi) is 34.2. The summed E-state index contributed by atoms with van der Waals surface area (Å²) in [4.78, 5) is 53.8. The summed E-state index contributed by atoms with van der Waals surface area (Å²) in [5.41, 5.74) is 0. The van der Waals surface area contributed by atoms with Crippen LogP contribution in [0.4, 0.5) is 0 Å². The first-order valence-electron chi connectivity index (χ1n) is 9.23. The molecular weight excluding hydrogens is 368 g/mol. The van der Waals surface area contributed by atoms with Crippen molar-refractivity contribution >= 4 is 30.0 Å². The molecule has 0 atom stereocenters. The molecule has 11 heteroatoms. The SMILES string of the molecule is CC.CC.CCNC(=O)CNC(=O)CNC(=O)CNC(=O)CNC.CNC=O. The number of carbonyl (C=O) groups excluding carboxylic acids is 5. The van der Waals surface area contributed by atoms with Gasteiger partial charge < -0.3 is 31.9 Å². The van der Waals surface area contributed by atoms with Crippen LogP contribution in [0.1, 0.15) is 34.6 Å². The van der Waals surface area contributed by atoms with Gasteiger partial charge in [0.2, 0.25) is 30.0 Å². The third kappa shape index (κ3) is 31.1. The fourth-order valence-corrected chi connectivity index (χ4v) is 1.14. The highest BCUT2D eigenvalue weighted by molar-refractivity contribution is 5.90. The second-order valence-electron chi connectivity index (χ2n) is 4.22. The predicted molar refractivity (Wildman–Crippen MR) is 109 cm³/mol. The molecule has 0 radical (unpaired) electrons. The molecule has 166 valence electrons. The Bertz CT molecular complexity index is 385. The monoisotopic (exact) mass is 406 g/mol. The smallest absolute Gasteiger partial charge is 0.239 e. The van der Waals surface area contributed by atoms with Gasteiger partial charge in [-0.3, -0.25) is 24.0 Å². The first kappa shape index (κ1) is 32.9. The molecule has 0 saturated heterocycles. The van der Waals surface area contributed by atoms with Crippen LogP contribution in [0.2, 0.25) is 0 Å². The van der Waals surface area contributed by atoms with Gasteiger partial charge in [-0.15, -0.1) is 0 Å². The lowest BCUT2D eigenvalue weighted by molar-refractivity contribution is -0.128. The van der Waals surface area contributed by atoms with Crippen LogP contribution in [-0.2, 0) is 24.0 Å². The Morgan fingerprint density at radius 1 is 0.643 bits per heavy atom. The third-order valence-corrected chi connectivity index (χ3v) is 2.17. The van der Waals surface area contributed by atoms with Crippen LogP contribution >= 0.6 is 0 Å². The molecule has 0 unspecified atom stereocenters. The summed E-state index contributed by atoms with van der Waals surface area (Å²) in [6.45, 7) is 9.77. The second kappa shape index (κ2) is 29.1. The molecular formula is C17H38N6O5. The molecule has 28 heavy (non-hydrogen) atoms. The first-order valence-corrected chi connectivity index (χ1v) is 9.23. The number of carbonyl (C=O) groups is 5. The normalized spacial score (nSPS) is 7.96. The minimum absolute atomic E-state index is 0.111. The largest absolute Gasteiger partial charge is 0.362 e. The van der Waals surface area contributed by atoms with Gasteiger partial charge in [0, 0.05) is 13.6 Å². The lowest BCUT2D eigenvalue weighted by Gasteiger charge is -2.07. The van der Waals surface area contributed by atoms with Crippen LogP contribution in [0.15, 0.2) is 0 Å². The van der Waals surface area contributed by atoms with Crippen molar-refractivity contribution in [3.8, 4) is 0 Å². The molecule has 0 heterocycles. The highest BCUT2D eigenvalue weighted by Gasteiger charge is 2.08. The van der Waals surface area contributed by atoms with Crippen LogP contribution < -0.4 is 31.9 Å². The van der Waals surface area contributed by atoms with E-state index < -0.39 is 11.8 Å². The van der Waals surface area contributed by atoms with Gasteiger partial charge in [0.15, 0.2) is 0 Å². The van der Waals surface area contributed by atoms with E-state index in [1.807, 2.05) is 27.7 Å². The Hall–Kier alpha value is -2.69. The highest BCUT2D eigenvalue weighted by atomic mass is 16.2. The van der Waals surface area contributed by atoms with Crippen LogP contribution in [0, 0.1) is 0 Å². The molecule has 0 aliphatic rings. The highest BCUT2D eigenvalue weighted by Crippen LogP contribution is 1.70. The minimum atomic E-state index is -0.484. The minimum Gasteiger partial charge on any atom is -0.362 e. The molecule has 0 saturated carbocycles. The van der Waals surface area contributed by atoms with Crippen molar-refractivity contribution in [1.82, 2.24) is 31.9 Å². The van der Waals surface area contributed by atoms with Gasteiger partial charge in [-0.1, -0.05) is 27.7 Å². The molecule has 0 aromatic carbocycles. The van der Waals surface area contributed by atoms with E-state index in [4.69, 9.17) is 4.79 Å². The average Bonchev–Trinajstić information content (AvgIpc) is 2.72. The number of nitrogens with one attached hydrogen (secondary N) is 6. The van der Waals surface area contributed by atoms with E-state index in [2.05, 4.69) is 31.9 Å². The fourth-order valence-electron chi connectivity index (χ4n) is 1.14. The van der Waals surface area contributed by atoms with Gasteiger partial charge in [-0.2, -0.15) is 0 Å². The van der Waals surface area contributed by atoms with Gasteiger partial charge in [0.05, 0.1) is 26.2 Å². The third-order valence-electron chi connectivity index (χ3n) is 2.17. The maximum absolute atomic E-state index is 11.3. The summed E-state index contributed by atoms with van der Waals surface area (Å²) in [7, 11) is 3.17. The number of amides is 5. The maximum Gasteiger partial charge on any atom is 0.239 e. The van der Waals surface area contributed by atoms with E-state index in [-0.39, 0.29) is 38.0 Å². The van der Waals surface area contributed by atoms with Crippen LogP contribution in [-0.4, -0.2) is 76.9 Å². The maximum atomic E-state index is 11.3. The zero-order valence-electron chi connectivity index (χ0n) is 18.2. The van der Waals surface area contributed by atoms with Gasteiger partial charge in [0.1, 0.15) is 0 Å². The molecule has 0 aromatic heterocycles. The van der Waals surface area contributed by atoms with E-state index >= 15 is 0 Å². The Morgan fingerprint density at radius 2 is 0.929 bits per heavy atom.